The number of aromatic nitrogens is 2. The van der Waals surface area contributed by atoms with Gasteiger partial charge in [0.2, 0.25) is 5.91 Å². The summed E-state index contributed by atoms with van der Waals surface area (Å²) in [5.41, 5.74) is 2.45. The average molecular weight is 482 g/mol. The zero-order valence-corrected chi connectivity index (χ0v) is 20.4. The van der Waals surface area contributed by atoms with Gasteiger partial charge in [-0.3, -0.25) is 4.79 Å². The second-order valence-electron chi connectivity index (χ2n) is 10.0. The fraction of sp³-hybridized carbons (Fsp3) is 0.500. The Bertz CT molecular complexity index is 1150. The van der Waals surface area contributed by atoms with Crippen molar-refractivity contribution in [1.82, 2.24) is 14.9 Å². The van der Waals surface area contributed by atoms with E-state index >= 15 is 0 Å². The maximum atomic E-state index is 14.1. The number of rotatable bonds is 6. The monoisotopic (exact) mass is 481 g/mol. The Kier molecular flexibility index (Phi) is 7.19. The van der Waals surface area contributed by atoms with Crippen LogP contribution < -0.4 is 5.32 Å². The van der Waals surface area contributed by atoms with E-state index in [2.05, 4.69) is 9.88 Å². The topological polar surface area (TPSA) is 46.9 Å². The first-order chi connectivity index (χ1) is 16.6. The van der Waals surface area contributed by atoms with Crippen LogP contribution in [0.5, 0.6) is 0 Å². The number of imidazole rings is 1. The van der Waals surface area contributed by atoms with Crippen LogP contribution in [0.2, 0.25) is 5.02 Å². The lowest BCUT2D eigenvalue weighted by Crippen LogP contribution is -2.43. The van der Waals surface area contributed by atoms with Gasteiger partial charge in [-0.2, -0.15) is 0 Å². The number of nitrogens with zero attached hydrogens (tertiary/aromatic N) is 2. The third-order valence-corrected chi connectivity index (χ3v) is 7.81. The molecule has 0 aliphatic heterocycles. The molecular formula is C28H33ClFN3O. The van der Waals surface area contributed by atoms with Gasteiger partial charge in [-0.15, -0.1) is 0 Å². The molecule has 4 nitrogen and oxygen atoms in total. The number of hydrogen-bond donors (Lipinski definition) is 1. The molecule has 1 N–H and O–H groups in total. The Morgan fingerprint density at radius 2 is 1.76 bits per heavy atom. The van der Waals surface area contributed by atoms with E-state index < -0.39 is 0 Å². The highest BCUT2D eigenvalue weighted by Gasteiger charge is 2.35. The molecule has 0 radical (unpaired) electrons. The second-order valence-corrected chi connectivity index (χ2v) is 10.5. The van der Waals surface area contributed by atoms with Gasteiger partial charge in [0.15, 0.2) is 0 Å². The molecule has 5 rings (SSSR count). The van der Waals surface area contributed by atoms with Crippen molar-refractivity contribution in [3.05, 3.63) is 64.7 Å². The van der Waals surface area contributed by atoms with Crippen molar-refractivity contribution in [2.75, 3.05) is 0 Å². The molecule has 0 spiro atoms. The van der Waals surface area contributed by atoms with Gasteiger partial charge in [-0.25, -0.2) is 9.37 Å². The summed E-state index contributed by atoms with van der Waals surface area (Å²) in [6.07, 6.45) is 11.8. The zero-order chi connectivity index (χ0) is 23.5. The van der Waals surface area contributed by atoms with Gasteiger partial charge < -0.3 is 9.88 Å². The molecule has 180 valence electrons. The average Bonchev–Trinajstić information content (AvgIpc) is 3.17. The van der Waals surface area contributed by atoms with E-state index in [4.69, 9.17) is 16.6 Å². The second kappa shape index (κ2) is 10.5. The highest BCUT2D eigenvalue weighted by molar-refractivity contribution is 6.30. The molecule has 2 aromatic carbocycles. The molecule has 3 aromatic rings. The van der Waals surface area contributed by atoms with Crippen LogP contribution in [0.15, 0.2) is 42.5 Å². The molecule has 2 aliphatic rings. The number of amides is 1. The fourth-order valence-electron chi connectivity index (χ4n) is 5.91. The van der Waals surface area contributed by atoms with E-state index in [1.165, 1.54) is 37.8 Å². The van der Waals surface area contributed by atoms with Crippen molar-refractivity contribution in [2.45, 2.75) is 82.7 Å². The standard InChI is InChI=1S/C28H33ClFN3O/c29-21-11-7-8-19(16-21)17-26-32-24-18-22(30)14-15-25(24)33(26)27(20-9-3-1-4-10-20)28(34)31-23-12-5-2-6-13-23/h7-8,11,14-16,18,20,23,27H,1-6,9-10,12-13,17H2,(H,31,34). The van der Waals surface area contributed by atoms with Gasteiger partial charge in [0.05, 0.1) is 11.0 Å². The first-order valence-electron chi connectivity index (χ1n) is 12.8. The van der Waals surface area contributed by atoms with Crippen molar-refractivity contribution < 1.29 is 9.18 Å². The van der Waals surface area contributed by atoms with Crippen LogP contribution in [0.4, 0.5) is 4.39 Å². The molecule has 2 aliphatic carbocycles. The zero-order valence-electron chi connectivity index (χ0n) is 19.6. The van der Waals surface area contributed by atoms with Gasteiger partial charge in [-0.1, -0.05) is 62.3 Å². The number of carbonyl (C=O) groups is 1. The van der Waals surface area contributed by atoms with Crippen molar-refractivity contribution in [3.8, 4) is 0 Å². The van der Waals surface area contributed by atoms with E-state index in [9.17, 15) is 9.18 Å². The van der Waals surface area contributed by atoms with E-state index in [0.29, 0.717) is 17.0 Å². The summed E-state index contributed by atoms with van der Waals surface area (Å²) in [7, 11) is 0. The van der Waals surface area contributed by atoms with Gasteiger partial charge in [0.1, 0.15) is 17.7 Å². The van der Waals surface area contributed by atoms with Crippen LogP contribution >= 0.6 is 11.6 Å². The van der Waals surface area contributed by atoms with Crippen molar-refractivity contribution in [3.63, 3.8) is 0 Å². The molecule has 1 amide bonds. The first-order valence-corrected chi connectivity index (χ1v) is 13.2. The van der Waals surface area contributed by atoms with E-state index in [0.717, 1.165) is 55.4 Å². The summed E-state index contributed by atoms with van der Waals surface area (Å²) in [5.74, 6) is 0.817. The lowest BCUT2D eigenvalue weighted by atomic mass is 9.82. The quantitative estimate of drug-likeness (QED) is 0.412. The van der Waals surface area contributed by atoms with Crippen LogP contribution in [-0.2, 0) is 11.2 Å². The van der Waals surface area contributed by atoms with Crippen LogP contribution in [0.25, 0.3) is 11.0 Å². The summed E-state index contributed by atoms with van der Waals surface area (Å²) in [6, 6.07) is 12.4. The molecule has 1 atom stereocenters. The molecule has 0 saturated heterocycles. The largest absolute Gasteiger partial charge is 0.352 e. The number of nitrogens with one attached hydrogen (secondary N) is 1. The lowest BCUT2D eigenvalue weighted by Gasteiger charge is -2.33. The molecule has 6 heteroatoms. The summed E-state index contributed by atoms with van der Waals surface area (Å²) >= 11 is 6.25. The Morgan fingerprint density at radius 1 is 1.03 bits per heavy atom. The van der Waals surface area contributed by atoms with E-state index in [1.54, 1.807) is 6.07 Å². The van der Waals surface area contributed by atoms with Crippen molar-refractivity contribution >= 4 is 28.5 Å². The summed E-state index contributed by atoms with van der Waals surface area (Å²) < 4.78 is 16.2. The molecule has 2 fully saturated rings. The minimum Gasteiger partial charge on any atom is -0.352 e. The predicted molar refractivity (Wildman–Crippen MR) is 135 cm³/mol. The Balaban J connectivity index is 1.58. The third-order valence-electron chi connectivity index (χ3n) is 7.57. The maximum Gasteiger partial charge on any atom is 0.243 e. The minimum atomic E-state index is -0.341. The van der Waals surface area contributed by atoms with E-state index in [1.807, 2.05) is 24.3 Å². The number of benzene rings is 2. The molecular weight excluding hydrogens is 449 g/mol. The maximum absolute atomic E-state index is 14.1. The molecule has 2 saturated carbocycles. The highest BCUT2D eigenvalue weighted by atomic mass is 35.5. The van der Waals surface area contributed by atoms with Gasteiger partial charge >= 0.3 is 0 Å². The van der Waals surface area contributed by atoms with Crippen LogP contribution in [-0.4, -0.2) is 21.5 Å². The molecule has 0 bridgehead atoms. The Labute approximate surface area is 205 Å². The van der Waals surface area contributed by atoms with Gasteiger partial charge in [0, 0.05) is 23.6 Å². The summed E-state index contributed by atoms with van der Waals surface area (Å²) in [5, 5.41) is 4.07. The smallest absolute Gasteiger partial charge is 0.243 e. The summed E-state index contributed by atoms with van der Waals surface area (Å²) in [4.78, 5) is 18.8. The predicted octanol–water partition coefficient (Wildman–Crippen LogP) is 6.99. The molecule has 1 unspecified atom stereocenters. The van der Waals surface area contributed by atoms with E-state index in [-0.39, 0.29) is 29.7 Å². The molecule has 1 aromatic heterocycles. The van der Waals surface area contributed by atoms with Crippen molar-refractivity contribution in [1.29, 1.82) is 0 Å². The SMILES string of the molecule is O=C(NC1CCCCC1)C(C1CCCCC1)n1c(Cc2cccc(Cl)c2)nc2cc(F)ccc21. The normalized spacial score (nSPS) is 18.8. The number of halogens is 2. The van der Waals surface area contributed by atoms with Gasteiger partial charge in [-0.05, 0) is 61.4 Å². The molecule has 34 heavy (non-hydrogen) atoms. The third kappa shape index (κ3) is 5.14. The highest BCUT2D eigenvalue weighted by Crippen LogP contribution is 2.37. The number of fused-ring (bicyclic) bond motifs is 1. The number of hydrogen-bond acceptors (Lipinski definition) is 2. The van der Waals surface area contributed by atoms with Crippen LogP contribution in [0, 0.1) is 11.7 Å². The Morgan fingerprint density at radius 3 is 2.50 bits per heavy atom. The summed E-state index contributed by atoms with van der Waals surface area (Å²) in [6.45, 7) is 0. The first kappa shape index (κ1) is 23.3. The number of carbonyl (C=O) groups excluding carboxylic acids is 1. The lowest BCUT2D eigenvalue weighted by molar-refractivity contribution is -0.127. The van der Waals surface area contributed by atoms with Crippen LogP contribution in [0.3, 0.4) is 0 Å². The minimum absolute atomic E-state index is 0.0924. The fourth-order valence-corrected chi connectivity index (χ4v) is 6.12. The van der Waals surface area contributed by atoms with Crippen molar-refractivity contribution in [2.24, 2.45) is 5.92 Å². The molecule has 1 heterocycles. The van der Waals surface area contributed by atoms with Crippen LogP contribution in [0.1, 0.15) is 81.6 Å². The Hall–Kier alpha value is -2.40. The van der Waals surface area contributed by atoms with Gasteiger partial charge in [0.25, 0.3) is 0 Å².